The van der Waals surface area contributed by atoms with E-state index < -0.39 is 6.10 Å². The second kappa shape index (κ2) is 7.66. The molecule has 1 amide bonds. The number of amides is 1. The van der Waals surface area contributed by atoms with Gasteiger partial charge in [0.2, 0.25) is 0 Å². The van der Waals surface area contributed by atoms with Crippen molar-refractivity contribution in [3.05, 3.63) is 35.6 Å². The molecule has 1 N–H and O–H groups in total. The minimum atomic E-state index is -0.850. The molecule has 1 aromatic rings. The van der Waals surface area contributed by atoms with E-state index in [0.29, 0.717) is 12.1 Å². The summed E-state index contributed by atoms with van der Waals surface area (Å²) >= 11 is 0. The third-order valence-electron chi connectivity index (χ3n) is 2.75. The second-order valence-electron chi connectivity index (χ2n) is 5.05. The highest BCUT2D eigenvalue weighted by Crippen LogP contribution is 2.15. The van der Waals surface area contributed by atoms with Crippen LogP contribution in [0, 0.1) is 23.6 Å². The van der Waals surface area contributed by atoms with E-state index >= 15 is 0 Å². The van der Waals surface area contributed by atoms with Crippen LogP contribution in [0.4, 0.5) is 4.39 Å². The first-order chi connectivity index (χ1) is 9.43. The topological polar surface area (TPSA) is 40.5 Å². The minimum Gasteiger partial charge on any atom is -0.387 e. The summed E-state index contributed by atoms with van der Waals surface area (Å²) in [5.41, 5.74) is 0.581. The van der Waals surface area contributed by atoms with E-state index in [2.05, 4.69) is 11.8 Å². The van der Waals surface area contributed by atoms with Crippen LogP contribution in [0.5, 0.6) is 0 Å². The van der Waals surface area contributed by atoms with Crippen LogP contribution >= 0.6 is 0 Å². The Kier molecular flexibility index (Phi) is 6.20. The van der Waals surface area contributed by atoms with Gasteiger partial charge in [-0.05, 0) is 36.5 Å². The Morgan fingerprint density at radius 3 is 2.40 bits per heavy atom. The molecule has 0 saturated carbocycles. The molecule has 0 spiro atoms. The fourth-order valence-corrected chi connectivity index (χ4v) is 1.87. The lowest BCUT2D eigenvalue weighted by atomic mass is 10.1. The zero-order chi connectivity index (χ0) is 15.1. The maximum absolute atomic E-state index is 12.8. The van der Waals surface area contributed by atoms with Crippen molar-refractivity contribution in [1.29, 1.82) is 0 Å². The Balaban J connectivity index is 2.79. The molecule has 0 heterocycles. The third-order valence-corrected chi connectivity index (χ3v) is 2.75. The first-order valence-corrected chi connectivity index (χ1v) is 6.59. The number of hydrogen-bond donors (Lipinski definition) is 1. The second-order valence-corrected chi connectivity index (χ2v) is 5.05. The van der Waals surface area contributed by atoms with Gasteiger partial charge in [0.1, 0.15) is 5.82 Å². The highest BCUT2D eigenvalue weighted by Gasteiger charge is 2.18. The van der Waals surface area contributed by atoms with Gasteiger partial charge in [-0.1, -0.05) is 31.9 Å². The SMILES string of the molecule is CC#CC(=O)N(CC(C)C)CC(O)c1ccc(F)cc1. The van der Waals surface area contributed by atoms with Gasteiger partial charge in [-0.2, -0.15) is 0 Å². The summed E-state index contributed by atoms with van der Waals surface area (Å²) < 4.78 is 12.8. The van der Waals surface area contributed by atoms with E-state index in [1.165, 1.54) is 29.2 Å². The van der Waals surface area contributed by atoms with Crippen molar-refractivity contribution in [2.45, 2.75) is 26.9 Å². The minimum absolute atomic E-state index is 0.150. The number of halogens is 1. The average Bonchev–Trinajstić information content (AvgIpc) is 2.38. The van der Waals surface area contributed by atoms with Crippen molar-refractivity contribution in [3.63, 3.8) is 0 Å². The lowest BCUT2D eigenvalue weighted by Crippen LogP contribution is -2.36. The third kappa shape index (κ3) is 5.02. The van der Waals surface area contributed by atoms with E-state index in [1.54, 1.807) is 6.92 Å². The molecule has 20 heavy (non-hydrogen) atoms. The molecule has 108 valence electrons. The predicted octanol–water partition coefficient (Wildman–Crippen LogP) is 2.37. The highest BCUT2D eigenvalue weighted by molar-refractivity contribution is 5.93. The fourth-order valence-electron chi connectivity index (χ4n) is 1.87. The summed E-state index contributed by atoms with van der Waals surface area (Å²) in [7, 11) is 0. The van der Waals surface area contributed by atoms with E-state index in [1.807, 2.05) is 13.8 Å². The number of aliphatic hydroxyl groups is 1. The molecule has 0 aliphatic carbocycles. The summed E-state index contributed by atoms with van der Waals surface area (Å²) in [4.78, 5) is 13.4. The summed E-state index contributed by atoms with van der Waals surface area (Å²) in [6.07, 6.45) is -0.850. The molecule has 0 aliphatic heterocycles. The van der Waals surface area contributed by atoms with Gasteiger partial charge in [-0.3, -0.25) is 4.79 Å². The highest BCUT2D eigenvalue weighted by atomic mass is 19.1. The van der Waals surface area contributed by atoms with Crippen LogP contribution in [-0.2, 0) is 4.79 Å². The smallest absolute Gasteiger partial charge is 0.298 e. The van der Waals surface area contributed by atoms with E-state index in [-0.39, 0.29) is 24.2 Å². The van der Waals surface area contributed by atoms with Gasteiger partial charge in [0.05, 0.1) is 12.6 Å². The standard InChI is InChI=1S/C16H20FNO2/c1-4-5-16(20)18(10-12(2)3)11-15(19)13-6-8-14(17)9-7-13/h6-9,12,15,19H,10-11H2,1-3H3. The number of benzene rings is 1. The number of aliphatic hydroxyl groups excluding tert-OH is 1. The largest absolute Gasteiger partial charge is 0.387 e. The number of hydrogen-bond acceptors (Lipinski definition) is 2. The van der Waals surface area contributed by atoms with Crippen LogP contribution in [0.1, 0.15) is 32.4 Å². The molecule has 0 bridgehead atoms. The Morgan fingerprint density at radius 2 is 1.90 bits per heavy atom. The lowest BCUT2D eigenvalue weighted by molar-refractivity contribution is -0.127. The first kappa shape index (κ1) is 16.2. The van der Waals surface area contributed by atoms with Crippen LogP contribution in [-0.4, -0.2) is 29.0 Å². The van der Waals surface area contributed by atoms with Crippen LogP contribution in [0.2, 0.25) is 0 Å². The summed E-state index contributed by atoms with van der Waals surface area (Å²) in [5, 5.41) is 10.1. The molecule has 0 fully saturated rings. The van der Waals surface area contributed by atoms with Gasteiger partial charge in [-0.25, -0.2) is 4.39 Å². The van der Waals surface area contributed by atoms with Gasteiger partial charge < -0.3 is 10.0 Å². The van der Waals surface area contributed by atoms with Gasteiger partial charge >= 0.3 is 0 Å². The van der Waals surface area contributed by atoms with E-state index in [4.69, 9.17) is 0 Å². The van der Waals surface area contributed by atoms with Crippen molar-refractivity contribution >= 4 is 5.91 Å². The van der Waals surface area contributed by atoms with Gasteiger partial charge in [-0.15, -0.1) is 0 Å². The zero-order valence-electron chi connectivity index (χ0n) is 12.1. The number of nitrogens with zero attached hydrogens (tertiary/aromatic N) is 1. The summed E-state index contributed by atoms with van der Waals surface area (Å²) in [5.74, 6) is 4.67. The monoisotopic (exact) mass is 277 g/mol. The van der Waals surface area contributed by atoms with Gasteiger partial charge in [0, 0.05) is 6.54 Å². The molecule has 1 atom stereocenters. The van der Waals surface area contributed by atoms with Crippen LogP contribution in [0.25, 0.3) is 0 Å². The molecule has 1 aromatic carbocycles. The fraction of sp³-hybridized carbons (Fsp3) is 0.438. The van der Waals surface area contributed by atoms with Gasteiger partial charge in [0.15, 0.2) is 0 Å². The van der Waals surface area contributed by atoms with Crippen LogP contribution in [0.15, 0.2) is 24.3 Å². The van der Waals surface area contributed by atoms with Crippen molar-refractivity contribution < 1.29 is 14.3 Å². The van der Waals surface area contributed by atoms with Crippen molar-refractivity contribution in [2.75, 3.05) is 13.1 Å². The van der Waals surface area contributed by atoms with Crippen molar-refractivity contribution in [2.24, 2.45) is 5.92 Å². The average molecular weight is 277 g/mol. The predicted molar refractivity (Wildman–Crippen MR) is 76.2 cm³/mol. The quantitative estimate of drug-likeness (QED) is 0.839. The summed E-state index contributed by atoms with van der Waals surface area (Å²) in [6.45, 7) is 6.25. The van der Waals surface area contributed by atoms with Crippen LogP contribution in [0.3, 0.4) is 0 Å². The Labute approximate surface area is 119 Å². The molecule has 0 aromatic heterocycles. The molecule has 1 rings (SSSR count). The molecule has 0 radical (unpaired) electrons. The number of rotatable bonds is 5. The number of carbonyl (C=O) groups excluding carboxylic acids is 1. The molecular weight excluding hydrogens is 257 g/mol. The Hall–Kier alpha value is -1.86. The van der Waals surface area contributed by atoms with Crippen LogP contribution < -0.4 is 0 Å². The summed E-state index contributed by atoms with van der Waals surface area (Å²) in [6, 6.07) is 5.62. The number of carbonyl (C=O) groups is 1. The molecule has 1 unspecified atom stereocenters. The first-order valence-electron chi connectivity index (χ1n) is 6.59. The Morgan fingerprint density at radius 1 is 1.30 bits per heavy atom. The molecular formula is C16H20FNO2. The van der Waals surface area contributed by atoms with Crippen molar-refractivity contribution in [3.8, 4) is 11.8 Å². The maximum Gasteiger partial charge on any atom is 0.298 e. The maximum atomic E-state index is 12.8. The molecule has 0 aliphatic rings. The molecule has 4 heteroatoms. The lowest BCUT2D eigenvalue weighted by Gasteiger charge is -2.25. The van der Waals surface area contributed by atoms with Gasteiger partial charge in [0.25, 0.3) is 5.91 Å². The molecule has 0 saturated heterocycles. The normalized spacial score (nSPS) is 11.7. The Bertz CT molecular complexity index is 499. The molecule has 3 nitrogen and oxygen atoms in total. The van der Waals surface area contributed by atoms with Crippen molar-refractivity contribution in [1.82, 2.24) is 4.90 Å². The van der Waals surface area contributed by atoms with E-state index in [0.717, 1.165) is 0 Å². The van der Waals surface area contributed by atoms with E-state index in [9.17, 15) is 14.3 Å². The zero-order valence-corrected chi connectivity index (χ0v) is 12.1.